The zero-order chi connectivity index (χ0) is 44.1. The van der Waals surface area contributed by atoms with E-state index < -0.39 is 68.7 Å². The quantitative estimate of drug-likeness (QED) is 0.117. The molecule has 0 spiro atoms. The molecule has 4 N–H and O–H groups in total. The van der Waals surface area contributed by atoms with Gasteiger partial charge < -0.3 is 44.5 Å². The number of ether oxygens (including phenoxy) is 5. The van der Waals surface area contributed by atoms with Crippen LogP contribution >= 0.6 is 0 Å². The first-order valence-electron chi connectivity index (χ1n) is 17.6. The molecule has 1 aliphatic rings. The molecule has 0 aromatic heterocycles. The van der Waals surface area contributed by atoms with Crippen molar-refractivity contribution in [2.75, 3.05) is 19.8 Å². The van der Waals surface area contributed by atoms with E-state index in [2.05, 4.69) is 9.47 Å². The number of carbonyl (C=O) groups excluding carboxylic acids is 6. The third-order valence-electron chi connectivity index (χ3n) is 6.20. The standard InChI is InChI=1S/C12H22O4.C10H18O4.C8H14O4.C6H8O3.C2H6O.K.H2O/c1-7-15-9(13)8-12(5,6)10(14)16-11(2,3)4;1-9(2,3)14-8(13)10(4,5)6-7(11)12;1-4-12-6(9)5-8(2,3)7(10)11;1-6(2)3-4(7)9-5(6)8;1-2-3;;/h7-8H2,1-6H3;6H2,1-5H3,(H,11,12);4-5H2,1-3H3,(H,10,11);3H2,1-2H3;3H,2H2,1H3;;1H2/q;;;;;+1;/p-1. The fourth-order valence-electron chi connectivity index (χ4n) is 3.29. The summed E-state index contributed by atoms with van der Waals surface area (Å²) in [5.74, 6) is -4.52. The number of aliphatic hydroxyl groups is 1. The number of rotatable bonds is 11. The maximum Gasteiger partial charge on any atom is 1.00 e. The van der Waals surface area contributed by atoms with Gasteiger partial charge in [-0.05, 0) is 118 Å². The first-order chi connectivity index (χ1) is 24.0. The number of esters is 6. The van der Waals surface area contributed by atoms with Crippen LogP contribution in [0, 0.1) is 21.7 Å². The van der Waals surface area contributed by atoms with Crippen LogP contribution < -0.4 is 51.4 Å². The second-order valence-corrected chi connectivity index (χ2v) is 16.6. The summed E-state index contributed by atoms with van der Waals surface area (Å²) >= 11 is 0. The summed E-state index contributed by atoms with van der Waals surface area (Å²) in [5, 5.41) is 24.8. The van der Waals surface area contributed by atoms with Gasteiger partial charge in [0.2, 0.25) is 0 Å². The van der Waals surface area contributed by atoms with Gasteiger partial charge in [0, 0.05) is 6.61 Å². The van der Waals surface area contributed by atoms with Crippen molar-refractivity contribution in [2.24, 2.45) is 21.7 Å². The maximum atomic E-state index is 11.8. The van der Waals surface area contributed by atoms with Crippen molar-refractivity contribution in [3.63, 3.8) is 0 Å². The molecule has 0 radical (unpaired) electrons. The van der Waals surface area contributed by atoms with Gasteiger partial charge in [-0.25, -0.2) is 0 Å². The number of hydrogen-bond donors (Lipinski definition) is 3. The molecule has 324 valence electrons. The third kappa shape index (κ3) is 34.7. The molecule has 0 amide bonds. The molecule has 0 unspecified atom stereocenters. The van der Waals surface area contributed by atoms with Gasteiger partial charge in [0.25, 0.3) is 0 Å². The van der Waals surface area contributed by atoms with Crippen LogP contribution in [0.2, 0.25) is 0 Å². The zero-order valence-corrected chi connectivity index (χ0v) is 40.2. The van der Waals surface area contributed by atoms with Gasteiger partial charge in [-0.3, -0.25) is 38.4 Å². The Morgan fingerprint density at radius 2 is 0.946 bits per heavy atom. The first kappa shape index (κ1) is 65.4. The second kappa shape index (κ2) is 28.8. The van der Waals surface area contributed by atoms with E-state index in [0.29, 0.717) is 6.61 Å². The van der Waals surface area contributed by atoms with E-state index in [9.17, 15) is 38.4 Å². The zero-order valence-electron chi connectivity index (χ0n) is 37.0. The Balaban J connectivity index is -0.000000145. The van der Waals surface area contributed by atoms with Gasteiger partial charge in [-0.2, -0.15) is 0 Å². The number of carbonyl (C=O) groups is 8. The predicted octanol–water partition coefficient (Wildman–Crippen LogP) is 2.50. The number of hydrogen-bond acceptors (Lipinski definition) is 15. The minimum atomic E-state index is -1.04. The average molecular weight is 837 g/mol. The van der Waals surface area contributed by atoms with Crippen molar-refractivity contribution < 1.29 is 134 Å². The molecule has 1 rings (SSSR count). The van der Waals surface area contributed by atoms with Crippen molar-refractivity contribution in [3.05, 3.63) is 0 Å². The Morgan fingerprint density at radius 1 is 0.643 bits per heavy atom. The summed E-state index contributed by atoms with van der Waals surface area (Å²) in [5.41, 5.74) is -4.56. The van der Waals surface area contributed by atoms with Crippen LogP contribution in [-0.4, -0.2) is 99.6 Å². The summed E-state index contributed by atoms with van der Waals surface area (Å²) in [6.45, 7) is 29.5. The third-order valence-corrected chi connectivity index (χ3v) is 6.20. The molecular formula is C38H69KO17. The number of aliphatic hydroxyl groups excluding tert-OH is 1. The monoisotopic (exact) mass is 836 g/mol. The Hall–Kier alpha value is -2.48. The summed E-state index contributed by atoms with van der Waals surface area (Å²) in [7, 11) is 0. The van der Waals surface area contributed by atoms with E-state index >= 15 is 0 Å². The van der Waals surface area contributed by atoms with E-state index in [1.165, 1.54) is 13.8 Å². The Kier molecular flexibility index (Phi) is 33.7. The van der Waals surface area contributed by atoms with Crippen molar-refractivity contribution in [1.82, 2.24) is 0 Å². The Morgan fingerprint density at radius 3 is 1.14 bits per heavy atom. The largest absolute Gasteiger partial charge is 1.00 e. The molecule has 0 aliphatic carbocycles. The molecule has 1 fully saturated rings. The number of cyclic esters (lactones) is 2. The fourth-order valence-corrected chi connectivity index (χ4v) is 3.29. The summed E-state index contributed by atoms with van der Waals surface area (Å²) in [6.07, 6.45) is -0.0559. The predicted molar refractivity (Wildman–Crippen MR) is 200 cm³/mol. The van der Waals surface area contributed by atoms with Crippen LogP contribution in [-0.2, 0) is 62.0 Å². The molecule has 18 heteroatoms. The second-order valence-electron chi connectivity index (χ2n) is 16.6. The normalized spacial score (nSPS) is 13.1. The number of carboxylic acid groups (broad SMARTS) is 2. The molecule has 0 aromatic rings. The van der Waals surface area contributed by atoms with Crippen molar-refractivity contribution in [3.8, 4) is 0 Å². The van der Waals surface area contributed by atoms with Crippen LogP contribution in [0.25, 0.3) is 0 Å². The van der Waals surface area contributed by atoms with E-state index in [4.69, 9.17) is 29.5 Å². The Labute approximate surface area is 375 Å². The molecule has 1 heterocycles. The Bertz CT molecular complexity index is 1250. The molecule has 17 nitrogen and oxygen atoms in total. The van der Waals surface area contributed by atoms with Crippen LogP contribution in [0.15, 0.2) is 0 Å². The summed E-state index contributed by atoms with van der Waals surface area (Å²) < 4.78 is 24.1. The minimum Gasteiger partial charge on any atom is -0.870 e. The van der Waals surface area contributed by atoms with Gasteiger partial charge in [-0.1, -0.05) is 0 Å². The van der Waals surface area contributed by atoms with Crippen LogP contribution in [0.5, 0.6) is 0 Å². The van der Waals surface area contributed by atoms with Gasteiger partial charge in [0.15, 0.2) is 0 Å². The molecular weight excluding hydrogens is 767 g/mol. The summed E-state index contributed by atoms with van der Waals surface area (Å²) in [6, 6.07) is 0. The van der Waals surface area contributed by atoms with Gasteiger partial charge >= 0.3 is 99.1 Å². The van der Waals surface area contributed by atoms with Crippen LogP contribution in [0.4, 0.5) is 0 Å². The van der Waals surface area contributed by atoms with Gasteiger partial charge in [0.05, 0.1) is 60.6 Å². The number of aliphatic carboxylic acids is 2. The van der Waals surface area contributed by atoms with E-state index in [0.717, 1.165) is 0 Å². The van der Waals surface area contributed by atoms with Crippen molar-refractivity contribution in [1.29, 1.82) is 0 Å². The van der Waals surface area contributed by atoms with Gasteiger partial charge in [-0.15, -0.1) is 0 Å². The molecule has 0 atom stereocenters. The van der Waals surface area contributed by atoms with Crippen LogP contribution in [0.1, 0.15) is 143 Å². The van der Waals surface area contributed by atoms with E-state index in [-0.39, 0.29) is 108 Å². The van der Waals surface area contributed by atoms with Crippen LogP contribution in [0.3, 0.4) is 0 Å². The smallest absolute Gasteiger partial charge is 0.870 e. The number of carboxylic acids is 2. The van der Waals surface area contributed by atoms with Gasteiger partial charge in [0.1, 0.15) is 11.2 Å². The first-order valence-corrected chi connectivity index (χ1v) is 17.6. The van der Waals surface area contributed by atoms with E-state index in [1.807, 2.05) is 0 Å². The molecule has 0 aromatic carbocycles. The fraction of sp³-hybridized carbons (Fsp3) is 0.789. The molecule has 0 bridgehead atoms. The molecule has 0 saturated carbocycles. The molecule has 56 heavy (non-hydrogen) atoms. The average Bonchev–Trinajstić information content (AvgIpc) is 3.15. The summed E-state index contributed by atoms with van der Waals surface area (Å²) in [4.78, 5) is 87.6. The maximum absolute atomic E-state index is 11.8. The van der Waals surface area contributed by atoms with Crippen molar-refractivity contribution >= 4 is 47.8 Å². The van der Waals surface area contributed by atoms with E-state index in [1.54, 1.807) is 104 Å². The van der Waals surface area contributed by atoms with Crippen molar-refractivity contribution in [2.45, 2.75) is 155 Å². The minimum absolute atomic E-state index is 0. The molecule has 1 aliphatic heterocycles. The SMILES string of the molecule is CC(C)(C)OC(=O)C(C)(C)CC(=O)O.CC1(C)CC(=O)OC1=O.CCO.CCOC(=O)CC(C)(C)C(=O)O.CCOC(=O)CC(C)(C)C(=O)OC(C)(C)C.[K+].[OH-]. The topological polar surface area (TPSA) is 273 Å². The molecule has 1 saturated heterocycles.